The molecule has 0 aliphatic carbocycles. The molecule has 0 spiro atoms. The SMILES string of the molecule is NC(=O)/C=C/c1cnc(N2CCOCC2)s1. The van der Waals surface area contributed by atoms with E-state index in [9.17, 15) is 4.79 Å². The largest absolute Gasteiger partial charge is 0.378 e. The molecule has 1 aromatic rings. The standard InChI is InChI=1S/C10H13N3O2S/c11-9(14)2-1-8-7-12-10(16-8)13-3-5-15-6-4-13/h1-2,7H,3-6H2,(H2,11,14)/b2-1+. The smallest absolute Gasteiger partial charge is 0.241 e. The predicted molar refractivity (Wildman–Crippen MR) is 63.4 cm³/mol. The summed E-state index contributed by atoms with van der Waals surface area (Å²) in [5.41, 5.74) is 5.02. The number of thiazole rings is 1. The Labute approximate surface area is 97.5 Å². The van der Waals surface area contributed by atoms with Gasteiger partial charge in [0.1, 0.15) is 0 Å². The lowest BCUT2D eigenvalue weighted by Crippen LogP contribution is -2.36. The third-order valence-corrected chi connectivity index (χ3v) is 3.23. The third kappa shape index (κ3) is 2.80. The summed E-state index contributed by atoms with van der Waals surface area (Å²) in [6.07, 6.45) is 4.77. The molecule has 0 radical (unpaired) electrons. The lowest BCUT2D eigenvalue weighted by molar-refractivity contribution is -0.113. The number of rotatable bonds is 3. The van der Waals surface area contributed by atoms with Crippen molar-refractivity contribution in [1.29, 1.82) is 0 Å². The van der Waals surface area contributed by atoms with Gasteiger partial charge in [0.15, 0.2) is 5.13 Å². The highest BCUT2D eigenvalue weighted by molar-refractivity contribution is 7.16. The van der Waals surface area contributed by atoms with Crippen LogP contribution in [0.3, 0.4) is 0 Å². The van der Waals surface area contributed by atoms with Crippen molar-refractivity contribution in [1.82, 2.24) is 4.98 Å². The second-order valence-corrected chi connectivity index (χ2v) is 4.42. The minimum atomic E-state index is -0.443. The van der Waals surface area contributed by atoms with Crippen molar-refractivity contribution in [3.8, 4) is 0 Å². The molecule has 1 aliphatic heterocycles. The van der Waals surface area contributed by atoms with Gasteiger partial charge in [0.05, 0.1) is 13.2 Å². The molecule has 16 heavy (non-hydrogen) atoms. The first-order valence-electron chi connectivity index (χ1n) is 5.02. The third-order valence-electron chi connectivity index (χ3n) is 2.20. The molecule has 5 nitrogen and oxygen atoms in total. The van der Waals surface area contributed by atoms with Crippen molar-refractivity contribution in [2.45, 2.75) is 0 Å². The molecule has 1 amide bonds. The molecule has 1 aliphatic rings. The average molecular weight is 239 g/mol. The molecule has 6 heteroatoms. The number of nitrogens with two attached hydrogens (primary N) is 1. The van der Waals surface area contributed by atoms with E-state index in [0.717, 1.165) is 36.3 Å². The second-order valence-electron chi connectivity index (χ2n) is 3.38. The van der Waals surface area contributed by atoms with E-state index in [1.165, 1.54) is 6.08 Å². The van der Waals surface area contributed by atoms with Gasteiger partial charge >= 0.3 is 0 Å². The molecule has 2 N–H and O–H groups in total. The van der Waals surface area contributed by atoms with Gasteiger partial charge in [0.2, 0.25) is 5.91 Å². The predicted octanol–water partition coefficient (Wildman–Crippen LogP) is 0.478. The van der Waals surface area contributed by atoms with Crippen molar-refractivity contribution in [3.05, 3.63) is 17.2 Å². The van der Waals surface area contributed by atoms with Gasteiger partial charge in [0.25, 0.3) is 0 Å². The number of ether oxygens (including phenoxy) is 1. The highest BCUT2D eigenvalue weighted by Crippen LogP contribution is 2.23. The monoisotopic (exact) mass is 239 g/mol. The Morgan fingerprint density at radius 3 is 3.00 bits per heavy atom. The Balaban J connectivity index is 2.03. The van der Waals surface area contributed by atoms with E-state index in [2.05, 4.69) is 9.88 Å². The van der Waals surface area contributed by atoms with Gasteiger partial charge in [-0.05, 0) is 6.08 Å². The molecule has 1 fully saturated rings. The fraction of sp³-hybridized carbons (Fsp3) is 0.400. The number of carbonyl (C=O) groups is 1. The summed E-state index contributed by atoms with van der Waals surface area (Å²) in [6.45, 7) is 3.22. The fourth-order valence-corrected chi connectivity index (χ4v) is 2.29. The molecule has 0 aromatic carbocycles. The summed E-state index contributed by atoms with van der Waals surface area (Å²) in [5, 5.41) is 0.965. The highest BCUT2D eigenvalue weighted by Gasteiger charge is 2.13. The quantitative estimate of drug-likeness (QED) is 0.779. The van der Waals surface area contributed by atoms with E-state index in [1.54, 1.807) is 23.6 Å². The normalized spacial score (nSPS) is 16.9. The summed E-state index contributed by atoms with van der Waals surface area (Å²) in [7, 11) is 0. The van der Waals surface area contributed by atoms with Crippen molar-refractivity contribution < 1.29 is 9.53 Å². The maximum atomic E-state index is 10.6. The van der Waals surface area contributed by atoms with Crippen molar-refractivity contribution >= 4 is 28.5 Å². The first kappa shape index (κ1) is 11.1. The Morgan fingerprint density at radius 2 is 2.31 bits per heavy atom. The minimum Gasteiger partial charge on any atom is -0.378 e. The van der Waals surface area contributed by atoms with Gasteiger partial charge in [-0.1, -0.05) is 11.3 Å². The molecule has 0 saturated carbocycles. The van der Waals surface area contributed by atoms with Gasteiger partial charge < -0.3 is 15.4 Å². The average Bonchev–Trinajstić information content (AvgIpc) is 2.76. The van der Waals surface area contributed by atoms with Gasteiger partial charge in [-0.15, -0.1) is 0 Å². The molecular formula is C10H13N3O2S. The first-order valence-corrected chi connectivity index (χ1v) is 5.83. The van der Waals surface area contributed by atoms with E-state index >= 15 is 0 Å². The van der Waals surface area contributed by atoms with Crippen LogP contribution in [-0.4, -0.2) is 37.2 Å². The number of hydrogen-bond donors (Lipinski definition) is 1. The molecule has 86 valence electrons. The van der Waals surface area contributed by atoms with Crippen LogP contribution in [-0.2, 0) is 9.53 Å². The fourth-order valence-electron chi connectivity index (χ4n) is 1.42. The lowest BCUT2D eigenvalue weighted by Gasteiger charge is -2.25. The Bertz CT molecular complexity index is 397. The molecular weight excluding hydrogens is 226 g/mol. The van der Waals surface area contributed by atoms with Gasteiger partial charge in [-0.25, -0.2) is 4.98 Å². The maximum Gasteiger partial charge on any atom is 0.241 e. The number of hydrogen-bond acceptors (Lipinski definition) is 5. The van der Waals surface area contributed by atoms with Crippen LogP contribution in [0.2, 0.25) is 0 Å². The van der Waals surface area contributed by atoms with Crippen LogP contribution in [0.5, 0.6) is 0 Å². The Morgan fingerprint density at radius 1 is 1.56 bits per heavy atom. The van der Waals surface area contributed by atoms with Crippen LogP contribution in [0, 0.1) is 0 Å². The minimum absolute atomic E-state index is 0.443. The van der Waals surface area contributed by atoms with Crippen LogP contribution in [0.4, 0.5) is 5.13 Å². The van der Waals surface area contributed by atoms with Crippen LogP contribution >= 0.6 is 11.3 Å². The van der Waals surface area contributed by atoms with Crippen LogP contribution in [0.15, 0.2) is 12.3 Å². The molecule has 2 heterocycles. The molecule has 2 rings (SSSR count). The number of aromatic nitrogens is 1. The number of morpholine rings is 1. The number of amides is 1. The molecule has 0 unspecified atom stereocenters. The molecule has 1 saturated heterocycles. The maximum absolute atomic E-state index is 10.6. The number of primary amides is 1. The second kappa shape index (κ2) is 5.09. The van der Waals surface area contributed by atoms with E-state index < -0.39 is 5.91 Å². The summed E-state index contributed by atoms with van der Waals surface area (Å²) in [5.74, 6) is -0.443. The van der Waals surface area contributed by atoms with Crippen LogP contribution in [0.1, 0.15) is 4.88 Å². The van der Waals surface area contributed by atoms with E-state index in [1.807, 2.05) is 0 Å². The Hall–Kier alpha value is -1.40. The van der Waals surface area contributed by atoms with Crippen LogP contribution < -0.4 is 10.6 Å². The number of nitrogens with zero attached hydrogens (tertiary/aromatic N) is 2. The zero-order chi connectivity index (χ0) is 11.4. The van der Waals surface area contributed by atoms with Gasteiger partial charge in [-0.2, -0.15) is 0 Å². The van der Waals surface area contributed by atoms with E-state index in [4.69, 9.17) is 10.5 Å². The summed E-state index contributed by atoms with van der Waals surface area (Å²) in [4.78, 5) is 18.0. The van der Waals surface area contributed by atoms with Crippen molar-refractivity contribution in [2.24, 2.45) is 5.73 Å². The van der Waals surface area contributed by atoms with E-state index in [-0.39, 0.29) is 0 Å². The van der Waals surface area contributed by atoms with E-state index in [0.29, 0.717) is 0 Å². The summed E-state index contributed by atoms with van der Waals surface area (Å²) in [6, 6.07) is 0. The lowest BCUT2D eigenvalue weighted by atomic mass is 10.4. The van der Waals surface area contributed by atoms with Crippen molar-refractivity contribution in [3.63, 3.8) is 0 Å². The summed E-state index contributed by atoms with van der Waals surface area (Å²) >= 11 is 1.55. The zero-order valence-corrected chi connectivity index (χ0v) is 9.57. The van der Waals surface area contributed by atoms with Crippen LogP contribution in [0.25, 0.3) is 6.08 Å². The Kier molecular flexibility index (Phi) is 3.53. The molecule has 0 atom stereocenters. The zero-order valence-electron chi connectivity index (χ0n) is 8.76. The highest BCUT2D eigenvalue weighted by atomic mass is 32.1. The van der Waals surface area contributed by atoms with Gasteiger partial charge in [-0.3, -0.25) is 4.79 Å². The summed E-state index contributed by atoms with van der Waals surface area (Å²) < 4.78 is 5.27. The molecule has 0 bridgehead atoms. The number of anilines is 1. The van der Waals surface area contributed by atoms with Crippen molar-refractivity contribution in [2.75, 3.05) is 31.2 Å². The molecule has 1 aromatic heterocycles. The number of carbonyl (C=O) groups excluding carboxylic acids is 1. The van der Waals surface area contributed by atoms with Gasteiger partial charge in [0, 0.05) is 30.2 Å². The first-order chi connectivity index (χ1) is 7.75. The topological polar surface area (TPSA) is 68.5 Å².